The van der Waals surface area contributed by atoms with Crippen molar-refractivity contribution in [3.05, 3.63) is 12.2 Å². The molecule has 0 aromatic heterocycles. The fraction of sp³-hybridized carbons (Fsp3) is 0.800. The van der Waals surface area contributed by atoms with Crippen molar-refractivity contribution < 1.29 is 63.3 Å². The number of rotatable bonds is 37. The first kappa shape index (κ1) is 77.3. The molecule has 9 amide bonds. The Morgan fingerprint density at radius 3 is 1.25 bits per heavy atom. The molecule has 23 heteroatoms. The highest BCUT2D eigenvalue weighted by Crippen LogP contribution is 2.23. The van der Waals surface area contributed by atoms with Gasteiger partial charge in [0.2, 0.25) is 53.2 Å². The molecule has 0 rings (SSSR count). The molecule has 0 saturated heterocycles. The number of carboxylic acid groups (broad SMARTS) is 1. The van der Waals surface area contributed by atoms with Crippen LogP contribution in [-0.4, -0.2) is 201 Å². The number of hydrogen-bond acceptors (Lipinski definition) is 13. The highest BCUT2D eigenvalue weighted by Gasteiger charge is 2.44. The molecule has 0 aromatic carbocycles. The zero-order valence-corrected chi connectivity index (χ0v) is 54.3. The minimum absolute atomic E-state index is 0.0185. The van der Waals surface area contributed by atoms with E-state index in [9.17, 15) is 63.3 Å². The molecule has 0 heterocycles. The summed E-state index contributed by atoms with van der Waals surface area (Å²) in [6.07, 6.45) is 2.07. The number of nitrogens with one attached hydrogen (secondary N) is 6. The molecule has 83 heavy (non-hydrogen) atoms. The lowest BCUT2D eigenvalue weighted by molar-refractivity contribution is -0.155. The van der Waals surface area contributed by atoms with E-state index in [0.717, 1.165) is 4.90 Å². The Hall–Kier alpha value is -5.68. The highest BCUT2D eigenvalue weighted by molar-refractivity contribution is 5.98. The minimum Gasteiger partial charge on any atom is -0.480 e. The number of aliphatic hydroxyl groups excluding tert-OH is 2. The summed E-state index contributed by atoms with van der Waals surface area (Å²) in [5.74, 6) is -8.91. The summed E-state index contributed by atoms with van der Waals surface area (Å²) >= 11 is 0. The van der Waals surface area contributed by atoms with Gasteiger partial charge in [0.05, 0.1) is 18.2 Å². The van der Waals surface area contributed by atoms with E-state index in [2.05, 4.69) is 31.9 Å². The van der Waals surface area contributed by atoms with Gasteiger partial charge in [-0.2, -0.15) is 0 Å². The maximum absolute atomic E-state index is 14.7. The van der Waals surface area contributed by atoms with Gasteiger partial charge in [0, 0.05) is 28.2 Å². The normalized spacial score (nSPS) is 16.6. The van der Waals surface area contributed by atoms with Gasteiger partial charge in [-0.15, -0.1) is 0 Å². The number of carbonyl (C=O) groups is 10. The van der Waals surface area contributed by atoms with Gasteiger partial charge in [0.1, 0.15) is 48.3 Å². The van der Waals surface area contributed by atoms with Crippen LogP contribution >= 0.6 is 0 Å². The first-order valence-corrected chi connectivity index (χ1v) is 29.8. The van der Waals surface area contributed by atoms with Crippen LogP contribution in [-0.2, 0) is 47.9 Å². The molecule has 478 valence electrons. The van der Waals surface area contributed by atoms with Gasteiger partial charge >= 0.3 is 5.97 Å². The van der Waals surface area contributed by atoms with Gasteiger partial charge in [-0.25, -0.2) is 4.79 Å². The van der Waals surface area contributed by atoms with Crippen LogP contribution in [0.4, 0.5) is 0 Å². The maximum Gasteiger partial charge on any atom is 0.328 e. The topological polar surface area (TPSA) is 317 Å². The Labute approximate surface area is 496 Å². The number of hydrogen-bond donors (Lipinski definition) is 9. The number of carboxylic acids is 1. The standard InChI is InChI=1S/C60H110N10O13/c1-23-25-26-38(15)50(72)49(55(77)66-47(41(18)71)60(82)83)70(22)59(81)48(37(13)14)69(21)58(80)44(29-34(7)8)65-54(76)46(31-36(11)12)67(19)56(78)40(17)63-51(73)39(16)62-53(75)45(30-35(9)10)68(20)57(79)43(28-33(5)6)64-52(74)42(61-24-2)27-32(3)4/h23,25,32-50,61,71-72H,24,26-31H2,1-22H3,(H,62,75)(H,63,73)(H,64,74)(H,65,76)(H,66,77)(H,82,83)/t38-,39+,40-,41-,42+,43+,44+,45+,46+,47+,48+,49+,50-/m1/s1. The predicted molar refractivity (Wildman–Crippen MR) is 321 cm³/mol. The zero-order chi connectivity index (χ0) is 64.7. The van der Waals surface area contributed by atoms with Crippen LogP contribution in [0.1, 0.15) is 163 Å². The first-order valence-electron chi connectivity index (χ1n) is 29.8. The average molecular weight is 1180 g/mol. The van der Waals surface area contributed by atoms with Crippen LogP contribution in [0.15, 0.2) is 12.2 Å². The summed E-state index contributed by atoms with van der Waals surface area (Å²) in [6, 6.07) is -12.0. The number of likely N-dealkylation sites (N-methyl/N-ethyl adjacent to an activating group) is 5. The highest BCUT2D eigenvalue weighted by atomic mass is 16.4. The molecule has 0 aliphatic carbocycles. The number of amides is 9. The van der Waals surface area contributed by atoms with E-state index in [1.165, 1.54) is 63.7 Å². The lowest BCUT2D eigenvalue weighted by Gasteiger charge is -2.40. The average Bonchev–Trinajstić information content (AvgIpc) is 3.37. The van der Waals surface area contributed by atoms with Crippen LogP contribution in [0.25, 0.3) is 0 Å². The van der Waals surface area contributed by atoms with Crippen molar-refractivity contribution in [1.29, 1.82) is 0 Å². The molecule has 13 atom stereocenters. The smallest absolute Gasteiger partial charge is 0.328 e. The van der Waals surface area contributed by atoms with Gasteiger partial charge in [0.25, 0.3) is 0 Å². The molecule has 0 aliphatic rings. The molecule has 9 N–H and O–H groups in total. The van der Waals surface area contributed by atoms with Gasteiger partial charge in [0.15, 0.2) is 6.04 Å². The van der Waals surface area contributed by atoms with Crippen LogP contribution in [0, 0.1) is 41.4 Å². The van der Waals surface area contributed by atoms with Crippen molar-refractivity contribution in [1.82, 2.24) is 51.5 Å². The summed E-state index contributed by atoms with van der Waals surface area (Å²) in [5.41, 5.74) is 0. The van der Waals surface area contributed by atoms with Crippen LogP contribution in [0.5, 0.6) is 0 Å². The van der Waals surface area contributed by atoms with Crippen molar-refractivity contribution in [2.45, 2.75) is 236 Å². The van der Waals surface area contributed by atoms with Crippen LogP contribution < -0.4 is 31.9 Å². The van der Waals surface area contributed by atoms with E-state index in [0.29, 0.717) is 25.8 Å². The maximum atomic E-state index is 14.7. The van der Waals surface area contributed by atoms with Crippen molar-refractivity contribution in [3.8, 4) is 0 Å². The molecular formula is C60H110N10O13. The molecule has 0 unspecified atom stereocenters. The van der Waals surface area contributed by atoms with E-state index in [1.54, 1.807) is 39.8 Å². The third-order valence-corrected chi connectivity index (χ3v) is 14.6. The fourth-order valence-electron chi connectivity index (χ4n) is 9.95. The van der Waals surface area contributed by atoms with E-state index in [-0.39, 0.29) is 54.8 Å². The molecule has 0 saturated carbocycles. The predicted octanol–water partition coefficient (Wildman–Crippen LogP) is 3.05. The molecular weight excluding hydrogens is 1070 g/mol. The lowest BCUT2D eigenvalue weighted by Crippen LogP contribution is -2.63. The molecule has 0 aliphatic heterocycles. The van der Waals surface area contributed by atoms with Gasteiger partial charge in [-0.05, 0) is 114 Å². The van der Waals surface area contributed by atoms with Gasteiger partial charge < -0.3 is 66.8 Å². The van der Waals surface area contributed by atoms with Crippen molar-refractivity contribution in [3.63, 3.8) is 0 Å². The largest absolute Gasteiger partial charge is 0.480 e. The minimum atomic E-state index is -1.77. The number of carbonyl (C=O) groups excluding carboxylic acids is 9. The Bertz CT molecular complexity index is 2150. The summed E-state index contributed by atoms with van der Waals surface area (Å²) in [5, 5.41) is 48.2. The fourth-order valence-corrected chi connectivity index (χ4v) is 9.95. The van der Waals surface area contributed by atoms with E-state index < -0.39 is 138 Å². The summed E-state index contributed by atoms with van der Waals surface area (Å²) in [6.45, 7) is 32.3. The van der Waals surface area contributed by atoms with Crippen LogP contribution in [0.3, 0.4) is 0 Å². The quantitative estimate of drug-likeness (QED) is 0.0404. The monoisotopic (exact) mass is 1180 g/mol. The van der Waals surface area contributed by atoms with Gasteiger partial charge in [-0.1, -0.05) is 109 Å². The van der Waals surface area contributed by atoms with Gasteiger partial charge in [-0.3, -0.25) is 43.2 Å². The van der Waals surface area contributed by atoms with Crippen LogP contribution in [0.2, 0.25) is 0 Å². The number of allylic oxidation sites excluding steroid dienone is 2. The van der Waals surface area contributed by atoms with Crippen molar-refractivity contribution >= 4 is 59.1 Å². The molecule has 0 spiro atoms. The third kappa shape index (κ3) is 25.2. The molecule has 23 nitrogen and oxygen atoms in total. The SMILES string of the molecule is CC=CC[C@@H](C)[C@@H](O)[C@@H](C(=O)N[C@H](C(=O)O)[C@@H](C)O)N(C)C(=O)[C@H](C(C)C)N(C)C(=O)[C@H](CC(C)C)NC(=O)[C@H](CC(C)C)N(C)C(=O)[C@@H](C)NC(=O)[C@H](C)NC(=O)[C@H](CC(C)C)N(C)C(=O)[C@H](CC(C)C)NC(=O)[C@H](CC(C)C)NCC. The van der Waals surface area contributed by atoms with Crippen molar-refractivity contribution in [2.24, 2.45) is 41.4 Å². The third-order valence-electron chi connectivity index (χ3n) is 14.6. The Morgan fingerprint density at radius 1 is 0.446 bits per heavy atom. The molecule has 0 fully saturated rings. The molecule has 0 bridgehead atoms. The van der Waals surface area contributed by atoms with E-state index in [4.69, 9.17) is 0 Å². The number of nitrogens with zero attached hydrogens (tertiary/aromatic N) is 4. The Balaban J connectivity index is 6.78. The Kier molecular flexibility index (Phi) is 34.4. The zero-order valence-electron chi connectivity index (χ0n) is 54.3. The number of aliphatic carboxylic acids is 1. The second-order valence-corrected chi connectivity index (χ2v) is 25.1. The molecule has 0 radical (unpaired) electrons. The summed E-state index contributed by atoms with van der Waals surface area (Å²) in [7, 11) is 5.55. The summed E-state index contributed by atoms with van der Waals surface area (Å²) < 4.78 is 0. The van der Waals surface area contributed by atoms with E-state index >= 15 is 0 Å². The van der Waals surface area contributed by atoms with Crippen molar-refractivity contribution in [2.75, 3.05) is 34.7 Å². The second kappa shape index (κ2) is 36.9. The lowest BCUT2D eigenvalue weighted by atomic mass is 9.91. The number of aliphatic hydroxyl groups is 2. The Morgan fingerprint density at radius 2 is 0.843 bits per heavy atom. The first-order chi connectivity index (χ1) is 38.3. The summed E-state index contributed by atoms with van der Waals surface area (Å²) in [4.78, 5) is 144. The molecule has 0 aromatic rings. The second-order valence-electron chi connectivity index (χ2n) is 25.1. The van der Waals surface area contributed by atoms with E-state index in [1.807, 2.05) is 76.2 Å².